The van der Waals surface area contributed by atoms with Crippen LogP contribution in [0, 0.1) is 5.92 Å². The summed E-state index contributed by atoms with van der Waals surface area (Å²) in [4.78, 5) is 27.2. The molecule has 110 valence electrons. The zero-order valence-corrected chi connectivity index (χ0v) is 12.3. The van der Waals surface area contributed by atoms with Gasteiger partial charge in [-0.05, 0) is 25.7 Å². The fourth-order valence-corrected chi connectivity index (χ4v) is 2.56. The van der Waals surface area contributed by atoms with Crippen LogP contribution in [0.1, 0.15) is 46.5 Å². The minimum absolute atomic E-state index is 0.120. The van der Waals surface area contributed by atoms with E-state index in [0.29, 0.717) is 32.0 Å². The quantitative estimate of drug-likeness (QED) is 0.853. The molecule has 5 nitrogen and oxygen atoms in total. The maximum Gasteiger partial charge on any atom is 0.326 e. The van der Waals surface area contributed by atoms with E-state index in [1.807, 2.05) is 6.92 Å². The summed E-state index contributed by atoms with van der Waals surface area (Å²) in [5, 5.41) is 9.31. The van der Waals surface area contributed by atoms with Crippen LogP contribution in [0.15, 0.2) is 0 Å². The molecule has 2 amide bonds. The Bertz CT molecular complexity index is 318. The standard InChI is InChI=1S/C14H26N2O3/c1-4-15(10-11(2)3)14(19)16-9-7-5-6-8-12(16)13(17)18/h11-12H,4-10H2,1-3H3,(H,17,18). The first kappa shape index (κ1) is 15.8. The number of aliphatic carboxylic acids is 1. The molecule has 0 aromatic rings. The van der Waals surface area contributed by atoms with Gasteiger partial charge in [0, 0.05) is 19.6 Å². The molecule has 1 aliphatic heterocycles. The van der Waals surface area contributed by atoms with Crippen LogP contribution in [0.3, 0.4) is 0 Å². The van der Waals surface area contributed by atoms with E-state index in [1.54, 1.807) is 9.80 Å². The van der Waals surface area contributed by atoms with Crippen LogP contribution in [-0.2, 0) is 4.79 Å². The van der Waals surface area contributed by atoms with Gasteiger partial charge in [-0.15, -0.1) is 0 Å². The van der Waals surface area contributed by atoms with Crippen molar-refractivity contribution < 1.29 is 14.7 Å². The number of hydrogen-bond acceptors (Lipinski definition) is 2. The lowest BCUT2D eigenvalue weighted by molar-refractivity contribution is -0.142. The van der Waals surface area contributed by atoms with Crippen LogP contribution in [0.5, 0.6) is 0 Å². The Hall–Kier alpha value is -1.26. The van der Waals surface area contributed by atoms with Crippen LogP contribution in [0.25, 0.3) is 0 Å². The Morgan fingerprint density at radius 3 is 2.53 bits per heavy atom. The highest BCUT2D eigenvalue weighted by Gasteiger charge is 2.32. The fourth-order valence-electron chi connectivity index (χ4n) is 2.56. The summed E-state index contributed by atoms with van der Waals surface area (Å²) in [6, 6.07) is -0.776. The first-order chi connectivity index (χ1) is 8.97. The van der Waals surface area contributed by atoms with E-state index >= 15 is 0 Å². The highest BCUT2D eigenvalue weighted by atomic mass is 16.4. The summed E-state index contributed by atoms with van der Waals surface area (Å²) >= 11 is 0. The van der Waals surface area contributed by atoms with Crippen LogP contribution < -0.4 is 0 Å². The molecule has 0 aromatic heterocycles. The Balaban J connectivity index is 2.81. The molecule has 0 saturated carbocycles. The molecule has 0 aliphatic carbocycles. The molecule has 19 heavy (non-hydrogen) atoms. The second-order valence-corrected chi connectivity index (χ2v) is 5.61. The molecular weight excluding hydrogens is 244 g/mol. The van der Waals surface area contributed by atoms with Crippen molar-refractivity contribution in [3.8, 4) is 0 Å². The largest absolute Gasteiger partial charge is 0.480 e. The number of amides is 2. The molecular formula is C14H26N2O3. The van der Waals surface area contributed by atoms with E-state index in [4.69, 9.17) is 0 Å². The number of urea groups is 1. The molecule has 0 aromatic carbocycles. The van der Waals surface area contributed by atoms with Gasteiger partial charge in [0.15, 0.2) is 0 Å². The average molecular weight is 270 g/mol. The van der Waals surface area contributed by atoms with Crippen molar-refractivity contribution in [2.24, 2.45) is 5.92 Å². The summed E-state index contributed by atoms with van der Waals surface area (Å²) in [5.74, 6) is -0.491. The van der Waals surface area contributed by atoms with Gasteiger partial charge in [0.05, 0.1) is 0 Å². The summed E-state index contributed by atoms with van der Waals surface area (Å²) in [7, 11) is 0. The van der Waals surface area contributed by atoms with Gasteiger partial charge in [-0.2, -0.15) is 0 Å². The van der Waals surface area contributed by atoms with Gasteiger partial charge in [-0.25, -0.2) is 9.59 Å². The van der Waals surface area contributed by atoms with Crippen LogP contribution >= 0.6 is 0 Å². The maximum absolute atomic E-state index is 12.5. The molecule has 1 atom stereocenters. The van der Waals surface area contributed by atoms with E-state index < -0.39 is 12.0 Å². The Labute approximate surface area is 115 Å². The monoisotopic (exact) mass is 270 g/mol. The molecule has 0 bridgehead atoms. The van der Waals surface area contributed by atoms with Gasteiger partial charge < -0.3 is 14.9 Å². The van der Waals surface area contributed by atoms with Crippen molar-refractivity contribution in [1.82, 2.24) is 9.80 Å². The van der Waals surface area contributed by atoms with E-state index in [9.17, 15) is 14.7 Å². The SMILES string of the molecule is CCN(CC(C)C)C(=O)N1CCCCCC1C(=O)O. The van der Waals surface area contributed by atoms with E-state index in [0.717, 1.165) is 19.3 Å². The van der Waals surface area contributed by atoms with Crippen LogP contribution in [0.4, 0.5) is 4.79 Å². The van der Waals surface area contributed by atoms with Crippen LogP contribution in [-0.4, -0.2) is 52.6 Å². The number of rotatable bonds is 4. The van der Waals surface area contributed by atoms with Crippen molar-refractivity contribution in [1.29, 1.82) is 0 Å². The smallest absolute Gasteiger partial charge is 0.326 e. The molecule has 1 aliphatic rings. The van der Waals surface area contributed by atoms with Crippen molar-refractivity contribution in [3.63, 3.8) is 0 Å². The number of carbonyl (C=O) groups is 2. The zero-order chi connectivity index (χ0) is 14.4. The first-order valence-electron chi connectivity index (χ1n) is 7.25. The fraction of sp³-hybridized carbons (Fsp3) is 0.857. The molecule has 0 radical (unpaired) electrons. The first-order valence-corrected chi connectivity index (χ1v) is 7.25. The normalized spacial score (nSPS) is 20.2. The van der Waals surface area contributed by atoms with Crippen molar-refractivity contribution >= 4 is 12.0 Å². The lowest BCUT2D eigenvalue weighted by atomic mass is 10.1. The Morgan fingerprint density at radius 2 is 2.00 bits per heavy atom. The predicted octanol–water partition coefficient (Wildman–Crippen LogP) is 2.41. The molecule has 1 heterocycles. The van der Waals surface area contributed by atoms with Gasteiger partial charge in [-0.1, -0.05) is 26.7 Å². The van der Waals surface area contributed by atoms with E-state index in [1.165, 1.54) is 0 Å². The second kappa shape index (κ2) is 7.36. The summed E-state index contributed by atoms with van der Waals surface area (Å²) in [6.07, 6.45) is 3.36. The zero-order valence-electron chi connectivity index (χ0n) is 12.3. The molecule has 1 fully saturated rings. The minimum Gasteiger partial charge on any atom is -0.480 e. The molecule has 1 unspecified atom stereocenters. The van der Waals surface area contributed by atoms with Crippen LogP contribution in [0.2, 0.25) is 0 Å². The van der Waals surface area contributed by atoms with Crippen molar-refractivity contribution in [2.45, 2.75) is 52.5 Å². The summed E-state index contributed by atoms with van der Waals surface area (Å²) in [5.41, 5.74) is 0. The van der Waals surface area contributed by atoms with Gasteiger partial charge in [0.1, 0.15) is 6.04 Å². The Kier molecular flexibility index (Phi) is 6.12. The number of carbonyl (C=O) groups excluding carboxylic acids is 1. The number of nitrogens with zero attached hydrogens (tertiary/aromatic N) is 2. The van der Waals surface area contributed by atoms with Gasteiger partial charge >= 0.3 is 12.0 Å². The minimum atomic E-state index is -0.879. The lowest BCUT2D eigenvalue weighted by Crippen LogP contribution is -2.51. The van der Waals surface area contributed by atoms with Gasteiger partial charge in [0.25, 0.3) is 0 Å². The number of carboxylic acids is 1. The molecule has 1 saturated heterocycles. The third kappa shape index (κ3) is 4.40. The Morgan fingerprint density at radius 1 is 1.32 bits per heavy atom. The van der Waals surface area contributed by atoms with Gasteiger partial charge in [-0.3, -0.25) is 0 Å². The summed E-state index contributed by atoms with van der Waals surface area (Å²) in [6.45, 7) is 7.93. The van der Waals surface area contributed by atoms with E-state index in [2.05, 4.69) is 13.8 Å². The van der Waals surface area contributed by atoms with Crippen molar-refractivity contribution in [2.75, 3.05) is 19.6 Å². The van der Waals surface area contributed by atoms with Crippen molar-refractivity contribution in [3.05, 3.63) is 0 Å². The van der Waals surface area contributed by atoms with Gasteiger partial charge in [0.2, 0.25) is 0 Å². The highest BCUT2D eigenvalue weighted by Crippen LogP contribution is 2.19. The number of likely N-dealkylation sites (tertiary alicyclic amines) is 1. The molecule has 0 spiro atoms. The predicted molar refractivity (Wildman–Crippen MR) is 74.1 cm³/mol. The van der Waals surface area contributed by atoms with E-state index in [-0.39, 0.29) is 6.03 Å². The summed E-state index contributed by atoms with van der Waals surface area (Å²) < 4.78 is 0. The third-order valence-corrected chi connectivity index (χ3v) is 3.52. The number of hydrogen-bond donors (Lipinski definition) is 1. The average Bonchev–Trinajstić information content (AvgIpc) is 2.60. The number of carboxylic acid groups (broad SMARTS) is 1. The maximum atomic E-state index is 12.5. The lowest BCUT2D eigenvalue weighted by Gasteiger charge is -2.33. The molecule has 1 N–H and O–H groups in total. The second-order valence-electron chi connectivity index (χ2n) is 5.61. The third-order valence-electron chi connectivity index (χ3n) is 3.52. The molecule has 1 rings (SSSR count). The topological polar surface area (TPSA) is 60.9 Å². The molecule has 5 heteroatoms. The highest BCUT2D eigenvalue weighted by molar-refractivity contribution is 5.82.